The van der Waals surface area contributed by atoms with Gasteiger partial charge in [0, 0.05) is 36.8 Å². The van der Waals surface area contributed by atoms with Crippen LogP contribution in [0.2, 0.25) is 0 Å². The number of amides is 2. The van der Waals surface area contributed by atoms with E-state index in [0.717, 1.165) is 12.0 Å². The maximum absolute atomic E-state index is 12.9. The molecule has 1 fully saturated rings. The van der Waals surface area contributed by atoms with Gasteiger partial charge in [-0.2, -0.15) is 0 Å². The van der Waals surface area contributed by atoms with Crippen molar-refractivity contribution in [3.63, 3.8) is 0 Å². The summed E-state index contributed by atoms with van der Waals surface area (Å²) < 4.78 is 28.5. The molecule has 2 aromatic rings. The van der Waals surface area contributed by atoms with Gasteiger partial charge >= 0.3 is 0 Å². The van der Waals surface area contributed by atoms with Gasteiger partial charge in [0.2, 0.25) is 15.9 Å². The summed E-state index contributed by atoms with van der Waals surface area (Å²) in [7, 11) is -3.72. The first kappa shape index (κ1) is 19.6. The monoisotopic (exact) mass is 413 g/mol. The van der Waals surface area contributed by atoms with Gasteiger partial charge in [0.25, 0.3) is 5.91 Å². The molecular formula is C21H23N3O4S. The number of hydrogen-bond acceptors (Lipinski definition) is 4. The smallest absolute Gasteiger partial charge is 0.253 e. The van der Waals surface area contributed by atoms with Crippen LogP contribution in [0.1, 0.15) is 35.2 Å². The number of fused-ring (bicyclic) bond motifs is 1. The van der Waals surface area contributed by atoms with Gasteiger partial charge in [-0.1, -0.05) is 18.2 Å². The third-order valence-corrected chi connectivity index (χ3v) is 6.85. The van der Waals surface area contributed by atoms with Gasteiger partial charge in [-0.25, -0.2) is 13.1 Å². The minimum absolute atomic E-state index is 0.0587. The highest BCUT2D eigenvalue weighted by molar-refractivity contribution is 7.89. The van der Waals surface area contributed by atoms with E-state index in [1.54, 1.807) is 29.2 Å². The van der Waals surface area contributed by atoms with E-state index in [2.05, 4.69) is 10.0 Å². The highest BCUT2D eigenvalue weighted by Crippen LogP contribution is 2.26. The number of piperidine rings is 1. The number of carbonyl (C=O) groups is 2. The Morgan fingerprint density at radius 1 is 1.10 bits per heavy atom. The molecule has 2 heterocycles. The highest BCUT2D eigenvalue weighted by Gasteiger charge is 2.28. The number of sulfonamides is 1. The fourth-order valence-electron chi connectivity index (χ4n) is 3.84. The Bertz CT molecular complexity index is 1040. The van der Waals surface area contributed by atoms with Crippen LogP contribution in [-0.2, 0) is 21.2 Å². The van der Waals surface area contributed by atoms with Crippen LogP contribution in [0, 0.1) is 0 Å². The third kappa shape index (κ3) is 4.33. The topological polar surface area (TPSA) is 95.6 Å². The van der Waals surface area contributed by atoms with Gasteiger partial charge in [0.15, 0.2) is 0 Å². The summed E-state index contributed by atoms with van der Waals surface area (Å²) >= 11 is 0. The molecule has 2 aromatic carbocycles. The van der Waals surface area contributed by atoms with E-state index in [4.69, 9.17) is 0 Å². The molecule has 7 nitrogen and oxygen atoms in total. The highest BCUT2D eigenvalue weighted by atomic mass is 32.2. The normalized spacial score (nSPS) is 19.4. The summed E-state index contributed by atoms with van der Waals surface area (Å²) in [6.07, 6.45) is 2.29. The molecule has 2 aliphatic heterocycles. The maximum Gasteiger partial charge on any atom is 0.253 e. The van der Waals surface area contributed by atoms with E-state index in [1.807, 2.05) is 18.2 Å². The van der Waals surface area contributed by atoms with E-state index >= 15 is 0 Å². The summed E-state index contributed by atoms with van der Waals surface area (Å²) in [5, 5.41) is 2.76. The molecule has 2 amide bonds. The standard InChI is InChI=1S/C21H23N3O4S/c25-20-11-8-16-13-18(9-10-19(16)22-20)29(27,28)23-17-7-4-12-24(14-17)21(26)15-5-2-1-3-6-15/h1-3,5-6,9-10,13,17,23H,4,7-8,11-12,14H2,(H,22,25). The molecule has 0 radical (unpaired) electrons. The predicted octanol–water partition coefficient (Wildman–Crippen LogP) is 2.15. The molecule has 2 N–H and O–H groups in total. The van der Waals surface area contributed by atoms with Crippen LogP contribution < -0.4 is 10.0 Å². The summed E-state index contributed by atoms with van der Waals surface area (Å²) in [5.41, 5.74) is 2.09. The molecule has 4 rings (SSSR count). The van der Waals surface area contributed by atoms with Gasteiger partial charge in [-0.3, -0.25) is 9.59 Å². The van der Waals surface area contributed by atoms with Crippen molar-refractivity contribution in [2.24, 2.45) is 0 Å². The minimum atomic E-state index is -3.72. The predicted molar refractivity (Wildman–Crippen MR) is 109 cm³/mol. The van der Waals surface area contributed by atoms with E-state index in [9.17, 15) is 18.0 Å². The molecule has 29 heavy (non-hydrogen) atoms. The van der Waals surface area contributed by atoms with Crippen LogP contribution in [0.5, 0.6) is 0 Å². The Morgan fingerprint density at radius 3 is 2.69 bits per heavy atom. The maximum atomic E-state index is 12.9. The number of hydrogen-bond donors (Lipinski definition) is 2. The van der Waals surface area contributed by atoms with Gasteiger partial charge in [0.05, 0.1) is 4.90 Å². The lowest BCUT2D eigenvalue weighted by Gasteiger charge is -2.33. The average molecular weight is 413 g/mol. The number of anilines is 1. The zero-order valence-electron chi connectivity index (χ0n) is 15.9. The van der Waals surface area contributed by atoms with Crippen molar-refractivity contribution >= 4 is 27.5 Å². The summed E-state index contributed by atoms with van der Waals surface area (Å²) in [6, 6.07) is 13.4. The summed E-state index contributed by atoms with van der Waals surface area (Å²) in [5.74, 6) is -0.143. The number of rotatable bonds is 4. The second kappa shape index (κ2) is 7.96. The number of benzene rings is 2. The van der Waals surface area contributed by atoms with Crippen LogP contribution in [0.4, 0.5) is 5.69 Å². The SMILES string of the molecule is O=C1CCc2cc(S(=O)(=O)NC3CCCN(C(=O)c4ccccc4)C3)ccc2N1. The van der Waals surface area contributed by atoms with Crippen molar-refractivity contribution in [1.29, 1.82) is 0 Å². The largest absolute Gasteiger partial charge is 0.337 e. The quantitative estimate of drug-likeness (QED) is 0.803. The van der Waals surface area contributed by atoms with Crippen molar-refractivity contribution in [2.45, 2.75) is 36.6 Å². The van der Waals surface area contributed by atoms with Crippen LogP contribution in [0.25, 0.3) is 0 Å². The molecule has 0 bridgehead atoms. The van der Waals surface area contributed by atoms with Crippen LogP contribution in [0.15, 0.2) is 53.4 Å². The average Bonchev–Trinajstić information content (AvgIpc) is 2.73. The van der Waals surface area contributed by atoms with Gasteiger partial charge in [-0.05, 0) is 55.2 Å². The molecule has 1 atom stereocenters. The van der Waals surface area contributed by atoms with Gasteiger partial charge in [0.1, 0.15) is 0 Å². The third-order valence-electron chi connectivity index (χ3n) is 5.33. The first-order valence-electron chi connectivity index (χ1n) is 9.72. The van der Waals surface area contributed by atoms with Crippen LogP contribution in [-0.4, -0.2) is 44.3 Å². The van der Waals surface area contributed by atoms with Crippen molar-refractivity contribution in [3.8, 4) is 0 Å². The summed E-state index contributed by atoms with van der Waals surface area (Å²) in [6.45, 7) is 0.957. The van der Waals surface area contributed by atoms with Crippen molar-refractivity contribution in [3.05, 3.63) is 59.7 Å². The molecule has 1 saturated heterocycles. The minimum Gasteiger partial charge on any atom is -0.337 e. The molecule has 8 heteroatoms. The second-order valence-electron chi connectivity index (χ2n) is 7.44. The van der Waals surface area contributed by atoms with Gasteiger partial charge in [-0.15, -0.1) is 0 Å². The Morgan fingerprint density at radius 2 is 1.90 bits per heavy atom. The molecule has 0 aromatic heterocycles. The molecule has 0 aliphatic carbocycles. The lowest BCUT2D eigenvalue weighted by Crippen LogP contribution is -2.49. The fraction of sp³-hybridized carbons (Fsp3) is 0.333. The van der Waals surface area contributed by atoms with Gasteiger partial charge < -0.3 is 10.2 Å². The Kier molecular flexibility index (Phi) is 5.38. The Hall–Kier alpha value is -2.71. The number of nitrogens with one attached hydrogen (secondary N) is 2. The molecule has 2 aliphatic rings. The lowest BCUT2D eigenvalue weighted by molar-refractivity contribution is -0.116. The molecule has 0 spiro atoms. The number of carbonyl (C=O) groups excluding carboxylic acids is 2. The number of nitrogens with zero attached hydrogens (tertiary/aromatic N) is 1. The first-order valence-corrected chi connectivity index (χ1v) is 11.2. The van der Waals surface area contributed by atoms with Crippen molar-refractivity contribution in [1.82, 2.24) is 9.62 Å². The second-order valence-corrected chi connectivity index (χ2v) is 9.16. The lowest BCUT2D eigenvalue weighted by atomic mass is 10.0. The van der Waals surface area contributed by atoms with Crippen LogP contribution >= 0.6 is 0 Å². The van der Waals surface area contributed by atoms with Crippen LogP contribution in [0.3, 0.4) is 0 Å². The number of likely N-dealkylation sites (tertiary alicyclic amines) is 1. The van der Waals surface area contributed by atoms with E-state index < -0.39 is 10.0 Å². The van der Waals surface area contributed by atoms with E-state index in [-0.39, 0.29) is 22.8 Å². The fourth-order valence-corrected chi connectivity index (χ4v) is 5.15. The summed E-state index contributed by atoms with van der Waals surface area (Å²) in [4.78, 5) is 26.0. The van der Waals surface area contributed by atoms with Crippen molar-refractivity contribution in [2.75, 3.05) is 18.4 Å². The number of aryl methyl sites for hydroxylation is 1. The first-order chi connectivity index (χ1) is 13.9. The molecule has 152 valence electrons. The zero-order chi connectivity index (χ0) is 20.4. The zero-order valence-corrected chi connectivity index (χ0v) is 16.7. The Labute approximate surface area is 170 Å². The molecular weight excluding hydrogens is 390 g/mol. The van der Waals surface area contributed by atoms with Crippen molar-refractivity contribution < 1.29 is 18.0 Å². The van der Waals surface area contributed by atoms with E-state index in [0.29, 0.717) is 43.6 Å². The molecule has 0 saturated carbocycles. The van der Waals surface area contributed by atoms with E-state index in [1.165, 1.54) is 6.07 Å². The molecule has 1 unspecified atom stereocenters. The Balaban J connectivity index is 1.47.